The van der Waals surface area contributed by atoms with Gasteiger partial charge in [0, 0.05) is 6.04 Å². The lowest BCUT2D eigenvalue weighted by Gasteiger charge is -2.12. The summed E-state index contributed by atoms with van der Waals surface area (Å²) in [4.78, 5) is 30.1. The molecule has 0 atom stereocenters. The molecule has 0 unspecified atom stereocenters. The minimum atomic E-state index is -0.302. The lowest BCUT2D eigenvalue weighted by molar-refractivity contribution is 0.0944. The summed E-state index contributed by atoms with van der Waals surface area (Å²) in [5, 5.41) is 6.32. The lowest BCUT2D eigenvalue weighted by Crippen LogP contribution is -2.31. The third kappa shape index (κ3) is 4.25. The number of hydrogen-bond donors (Lipinski definition) is 2. The monoisotopic (exact) mass is 383 g/mol. The summed E-state index contributed by atoms with van der Waals surface area (Å²) in [7, 11) is 0. The van der Waals surface area contributed by atoms with Crippen molar-refractivity contribution in [3.05, 3.63) is 58.3 Å². The number of furan rings is 1. The van der Waals surface area contributed by atoms with Gasteiger partial charge in [0.15, 0.2) is 10.8 Å². The van der Waals surface area contributed by atoms with Crippen LogP contribution in [0, 0.1) is 13.8 Å². The Morgan fingerprint density at radius 3 is 2.48 bits per heavy atom. The largest absolute Gasteiger partial charge is 0.459 e. The normalized spacial score (nSPS) is 10.9. The van der Waals surface area contributed by atoms with Crippen LogP contribution < -0.4 is 10.6 Å². The van der Waals surface area contributed by atoms with Crippen LogP contribution in [0.1, 0.15) is 45.3 Å². The molecule has 0 aliphatic rings. The van der Waals surface area contributed by atoms with Gasteiger partial charge >= 0.3 is 0 Å². The maximum atomic E-state index is 12.8. The zero-order valence-electron chi connectivity index (χ0n) is 15.6. The van der Waals surface area contributed by atoms with Gasteiger partial charge in [-0.2, -0.15) is 0 Å². The van der Waals surface area contributed by atoms with Gasteiger partial charge in [-0.05, 0) is 52.0 Å². The van der Waals surface area contributed by atoms with Crippen molar-refractivity contribution in [1.29, 1.82) is 0 Å². The third-order valence-electron chi connectivity index (χ3n) is 3.79. The van der Waals surface area contributed by atoms with Gasteiger partial charge in [0.05, 0.1) is 16.9 Å². The summed E-state index contributed by atoms with van der Waals surface area (Å²) < 4.78 is 5.59. The minimum absolute atomic E-state index is 0.00399. The number of carbonyl (C=O) groups is 2. The Labute approximate surface area is 161 Å². The number of rotatable bonds is 5. The Balaban J connectivity index is 1.84. The fraction of sp³-hybridized carbons (Fsp3) is 0.250. The average Bonchev–Trinajstić information content (AvgIpc) is 3.20. The number of para-hydroxylation sites is 1. The Morgan fingerprint density at radius 1 is 1.07 bits per heavy atom. The summed E-state index contributed by atoms with van der Waals surface area (Å²) in [6, 6.07) is 10.6. The van der Waals surface area contributed by atoms with Crippen LogP contribution in [0.25, 0.3) is 10.8 Å². The number of hydrogen-bond acceptors (Lipinski definition) is 5. The molecular weight excluding hydrogens is 362 g/mol. The van der Waals surface area contributed by atoms with Crippen molar-refractivity contribution < 1.29 is 14.0 Å². The highest BCUT2D eigenvalue weighted by Crippen LogP contribution is 2.30. The number of aromatic nitrogens is 1. The summed E-state index contributed by atoms with van der Waals surface area (Å²) in [5.74, 6) is 0.892. The van der Waals surface area contributed by atoms with E-state index < -0.39 is 0 Å². The summed E-state index contributed by atoms with van der Waals surface area (Å²) in [5.41, 5.74) is 1.50. The first-order valence-corrected chi connectivity index (χ1v) is 9.42. The molecule has 140 valence electrons. The van der Waals surface area contributed by atoms with Crippen LogP contribution in [-0.2, 0) is 0 Å². The van der Waals surface area contributed by atoms with Crippen LogP contribution >= 0.6 is 11.3 Å². The number of nitrogens with zero attached hydrogens (tertiary/aromatic N) is 1. The van der Waals surface area contributed by atoms with Gasteiger partial charge in [-0.3, -0.25) is 9.59 Å². The third-order valence-corrected chi connectivity index (χ3v) is 4.96. The van der Waals surface area contributed by atoms with E-state index in [-0.39, 0.29) is 17.9 Å². The van der Waals surface area contributed by atoms with Crippen LogP contribution in [-0.4, -0.2) is 22.8 Å². The van der Waals surface area contributed by atoms with E-state index in [4.69, 9.17) is 4.42 Å². The summed E-state index contributed by atoms with van der Waals surface area (Å²) in [6.07, 6.45) is 0. The standard InChI is InChI=1S/C20H21N3O3S/c1-11(2)21-18(24)14-7-5-6-8-15(14)23-19(25)17-13(4)22-20(27-17)16-10-9-12(3)26-16/h5-11H,1-4H3,(H,21,24)(H,23,25). The molecule has 0 spiro atoms. The second-order valence-electron chi connectivity index (χ2n) is 6.47. The van der Waals surface area contributed by atoms with Gasteiger partial charge in [-0.15, -0.1) is 11.3 Å². The van der Waals surface area contributed by atoms with Crippen LogP contribution in [0.4, 0.5) is 5.69 Å². The molecule has 27 heavy (non-hydrogen) atoms. The number of anilines is 1. The van der Waals surface area contributed by atoms with E-state index in [9.17, 15) is 9.59 Å². The highest BCUT2D eigenvalue weighted by molar-refractivity contribution is 7.17. The van der Waals surface area contributed by atoms with E-state index in [0.717, 1.165) is 5.76 Å². The maximum Gasteiger partial charge on any atom is 0.267 e. The van der Waals surface area contributed by atoms with E-state index in [1.54, 1.807) is 31.2 Å². The molecule has 2 aromatic heterocycles. The summed E-state index contributed by atoms with van der Waals surface area (Å²) >= 11 is 1.26. The van der Waals surface area contributed by atoms with Crippen molar-refractivity contribution in [2.75, 3.05) is 5.32 Å². The zero-order chi connectivity index (χ0) is 19.6. The topological polar surface area (TPSA) is 84.2 Å². The molecule has 2 N–H and O–H groups in total. The molecule has 3 rings (SSSR count). The molecule has 0 saturated heterocycles. The predicted octanol–water partition coefficient (Wildman–Crippen LogP) is 4.41. The van der Waals surface area contributed by atoms with E-state index in [1.807, 2.05) is 32.9 Å². The van der Waals surface area contributed by atoms with Crippen molar-refractivity contribution in [2.24, 2.45) is 0 Å². The molecule has 0 aliphatic carbocycles. The second-order valence-corrected chi connectivity index (χ2v) is 7.47. The zero-order valence-corrected chi connectivity index (χ0v) is 16.4. The number of amides is 2. The van der Waals surface area contributed by atoms with E-state index >= 15 is 0 Å². The first kappa shape index (κ1) is 18.8. The molecule has 3 aromatic rings. The van der Waals surface area contributed by atoms with Gasteiger partial charge in [0.1, 0.15) is 10.6 Å². The quantitative estimate of drug-likeness (QED) is 0.683. The minimum Gasteiger partial charge on any atom is -0.459 e. The van der Waals surface area contributed by atoms with Crippen LogP contribution in [0.3, 0.4) is 0 Å². The van der Waals surface area contributed by atoms with Crippen molar-refractivity contribution >= 4 is 28.8 Å². The first-order valence-electron chi connectivity index (χ1n) is 8.60. The first-order chi connectivity index (χ1) is 12.8. The Kier molecular flexibility index (Phi) is 5.41. The number of carbonyl (C=O) groups excluding carboxylic acids is 2. The van der Waals surface area contributed by atoms with Crippen molar-refractivity contribution in [2.45, 2.75) is 33.7 Å². The SMILES string of the molecule is Cc1ccc(-c2nc(C)c(C(=O)Nc3ccccc3C(=O)NC(C)C)s2)o1. The predicted molar refractivity (Wildman–Crippen MR) is 106 cm³/mol. The van der Waals surface area contributed by atoms with Crippen LogP contribution in [0.15, 0.2) is 40.8 Å². The molecule has 7 heteroatoms. The number of thiazole rings is 1. The Bertz CT molecular complexity index is 988. The molecule has 6 nitrogen and oxygen atoms in total. The number of benzene rings is 1. The van der Waals surface area contributed by atoms with Crippen molar-refractivity contribution in [3.63, 3.8) is 0 Å². The molecule has 0 aliphatic heterocycles. The molecule has 2 amide bonds. The second kappa shape index (κ2) is 7.75. The number of aryl methyl sites for hydroxylation is 2. The van der Waals surface area contributed by atoms with Crippen LogP contribution in [0.2, 0.25) is 0 Å². The van der Waals surface area contributed by atoms with Gasteiger partial charge in [-0.25, -0.2) is 4.98 Å². The fourth-order valence-electron chi connectivity index (χ4n) is 2.57. The Hall–Kier alpha value is -2.93. The smallest absolute Gasteiger partial charge is 0.267 e. The van der Waals surface area contributed by atoms with E-state index in [2.05, 4.69) is 15.6 Å². The lowest BCUT2D eigenvalue weighted by atomic mass is 10.1. The van der Waals surface area contributed by atoms with Gasteiger partial charge in [-0.1, -0.05) is 12.1 Å². The van der Waals surface area contributed by atoms with Gasteiger partial charge in [0.2, 0.25) is 0 Å². The number of nitrogens with one attached hydrogen (secondary N) is 2. The fourth-order valence-corrected chi connectivity index (χ4v) is 3.49. The Morgan fingerprint density at radius 2 is 1.81 bits per heavy atom. The van der Waals surface area contributed by atoms with Crippen molar-refractivity contribution in [1.82, 2.24) is 10.3 Å². The molecular formula is C20H21N3O3S. The van der Waals surface area contributed by atoms with E-state index in [0.29, 0.717) is 32.6 Å². The van der Waals surface area contributed by atoms with Crippen LogP contribution in [0.5, 0.6) is 0 Å². The van der Waals surface area contributed by atoms with Gasteiger partial charge < -0.3 is 15.1 Å². The van der Waals surface area contributed by atoms with Gasteiger partial charge in [0.25, 0.3) is 11.8 Å². The maximum absolute atomic E-state index is 12.8. The summed E-state index contributed by atoms with van der Waals surface area (Å²) in [6.45, 7) is 7.41. The highest BCUT2D eigenvalue weighted by Gasteiger charge is 2.20. The molecule has 0 bridgehead atoms. The molecule has 0 radical (unpaired) electrons. The van der Waals surface area contributed by atoms with Crippen molar-refractivity contribution in [3.8, 4) is 10.8 Å². The molecule has 0 saturated carbocycles. The molecule has 2 heterocycles. The highest BCUT2D eigenvalue weighted by atomic mass is 32.1. The average molecular weight is 383 g/mol. The molecule has 1 aromatic carbocycles. The molecule has 0 fully saturated rings. The van der Waals surface area contributed by atoms with E-state index in [1.165, 1.54) is 11.3 Å².